The van der Waals surface area contributed by atoms with E-state index < -0.39 is 120 Å². The molecule has 0 aliphatic carbocycles. The third-order valence-electron chi connectivity index (χ3n) is 21.3. The van der Waals surface area contributed by atoms with Gasteiger partial charge in [0, 0.05) is 95.3 Å². The highest BCUT2D eigenvalue weighted by Gasteiger charge is 2.69. The molecular weight excluding hydrogens is 1270 g/mol. The number of nitrogens with two attached hydrogens (primary N) is 1. The summed E-state index contributed by atoms with van der Waals surface area (Å²) in [6.07, 6.45) is 2.89. The van der Waals surface area contributed by atoms with Gasteiger partial charge in [-0.25, -0.2) is 0 Å². The number of nitrogens with one attached hydrogen (secondary N) is 2. The van der Waals surface area contributed by atoms with Gasteiger partial charge in [0.25, 0.3) is 11.8 Å². The first-order valence-corrected chi connectivity index (χ1v) is 35.2. The van der Waals surface area contributed by atoms with Gasteiger partial charge >= 0.3 is 5.97 Å². The van der Waals surface area contributed by atoms with Crippen LogP contribution in [0.3, 0.4) is 0 Å². The molecule has 5 amide bonds. The first-order chi connectivity index (χ1) is 47.0. The van der Waals surface area contributed by atoms with Crippen molar-refractivity contribution in [2.45, 2.75) is 265 Å². The zero-order valence-corrected chi connectivity index (χ0v) is 56.7. The topological polar surface area (TPSA) is 338 Å². The van der Waals surface area contributed by atoms with Crippen molar-refractivity contribution in [1.29, 1.82) is 0 Å². The number of hydrogen-bond acceptors (Lipinski definition) is 22. The molecule has 98 heavy (non-hydrogen) atoms. The number of amides is 5. The van der Waals surface area contributed by atoms with Gasteiger partial charge in [0.2, 0.25) is 17.7 Å². The van der Waals surface area contributed by atoms with Crippen molar-refractivity contribution < 1.29 is 105 Å². The predicted octanol–water partition coefficient (Wildman–Crippen LogP) is 3.92. The maximum atomic E-state index is 14.5. The minimum Gasteiger partial charge on any atom is -0.461 e. The largest absolute Gasteiger partial charge is 0.461 e. The van der Waals surface area contributed by atoms with E-state index in [0.29, 0.717) is 43.2 Å². The second kappa shape index (κ2) is 32.8. The fourth-order valence-electron chi connectivity index (χ4n) is 15.9. The number of methoxy groups -OCH3 is 1. The first-order valence-electron chi connectivity index (χ1n) is 35.2. The number of ketones is 3. The lowest BCUT2D eigenvalue weighted by atomic mass is 9.81. The molecule has 0 saturated carbocycles. The number of carbonyl (C=O) groups excluding carboxylic acids is 9. The van der Waals surface area contributed by atoms with Crippen molar-refractivity contribution >= 4 is 52.9 Å². The fraction of sp³-hybridized carbons (Fsp3) is 0.708. The molecule has 22 atom stereocenters. The van der Waals surface area contributed by atoms with Crippen LogP contribution >= 0.6 is 0 Å². The minimum atomic E-state index is -1.29. The van der Waals surface area contributed by atoms with Crippen LogP contribution in [0.4, 0.5) is 0 Å². The SMILES string of the molecule is C=C1C[C@@H]2CC[C@@]34CC5O[C@H]6[C@@H](O3)[C@H]3OC(CC[C@@H]3O[C@H]6C5O4)CC(=O)C[C@@H]3[C@@H](OC)[C@@H](C[C@H](O)CCC(=O)OCc4ccc(CC(=O)[C@H](CC(N)=O)NC(=O)[C@H](C)CC(=O)[C@H](C)NC(=O)CCOCCOCCN5C(=O)C=CC5=O)cc4)O[C@H]3CC3O[C@@H](CCC1O2)CC(C)C3=C. The van der Waals surface area contributed by atoms with E-state index >= 15 is 0 Å². The fourth-order valence-corrected chi connectivity index (χ4v) is 15.9. The van der Waals surface area contributed by atoms with Crippen LogP contribution in [0.1, 0.15) is 147 Å². The maximum absolute atomic E-state index is 14.5. The van der Waals surface area contributed by atoms with Crippen LogP contribution in [-0.2, 0) is 113 Å². The molecule has 11 aliphatic rings. The summed E-state index contributed by atoms with van der Waals surface area (Å²) in [6, 6.07) is 4.42. The number of hydrogen-bond donors (Lipinski definition) is 4. The molecule has 12 bridgehead atoms. The van der Waals surface area contributed by atoms with Crippen LogP contribution in [0.25, 0.3) is 0 Å². The summed E-state index contributed by atoms with van der Waals surface area (Å²) in [5.41, 5.74) is 8.68. The quantitative estimate of drug-likeness (QED) is 0.0400. The normalized spacial score (nSPS) is 34.7. The van der Waals surface area contributed by atoms with Crippen LogP contribution < -0.4 is 16.4 Å². The van der Waals surface area contributed by atoms with Gasteiger partial charge in [0.1, 0.15) is 42.9 Å². The Morgan fingerprint density at radius 3 is 2.16 bits per heavy atom. The second-order valence-electron chi connectivity index (χ2n) is 28.6. The number of fused-ring (bicyclic) bond motifs is 6. The maximum Gasteiger partial charge on any atom is 0.306 e. The molecule has 0 aromatic heterocycles. The lowest BCUT2D eigenvalue weighted by molar-refractivity contribution is -0.292. The summed E-state index contributed by atoms with van der Waals surface area (Å²) in [5, 5.41) is 16.7. The second-order valence-corrected chi connectivity index (χ2v) is 28.6. The lowest BCUT2D eigenvalue weighted by Crippen LogP contribution is -2.61. The van der Waals surface area contributed by atoms with Gasteiger partial charge in [-0.2, -0.15) is 0 Å². The Hall–Kier alpha value is -6.01. The first kappa shape index (κ1) is 73.2. The van der Waals surface area contributed by atoms with Gasteiger partial charge in [-0.3, -0.25) is 48.1 Å². The number of Topliss-reactive ketones (excluding diaryl/α,β-unsaturated/α-hetero) is 3. The molecule has 5 N–H and O–H groups in total. The molecule has 11 heterocycles. The van der Waals surface area contributed by atoms with E-state index in [1.54, 1.807) is 31.4 Å². The van der Waals surface area contributed by atoms with Gasteiger partial charge in [-0.05, 0) is 86.5 Å². The van der Waals surface area contributed by atoms with Crippen molar-refractivity contribution in [3.8, 4) is 0 Å². The molecule has 1 aromatic carbocycles. The van der Waals surface area contributed by atoms with E-state index in [4.69, 9.17) is 62.6 Å². The van der Waals surface area contributed by atoms with Gasteiger partial charge in [-0.15, -0.1) is 0 Å². The predicted molar refractivity (Wildman–Crippen MR) is 346 cm³/mol. The third-order valence-corrected chi connectivity index (χ3v) is 21.3. The highest BCUT2D eigenvalue weighted by Crippen LogP contribution is 2.55. The monoisotopic (exact) mass is 1370 g/mol. The summed E-state index contributed by atoms with van der Waals surface area (Å²) >= 11 is 0. The molecule has 1 spiro atoms. The van der Waals surface area contributed by atoms with Crippen LogP contribution in [-0.4, -0.2) is 218 Å². The molecular formula is C72H98N4O22. The van der Waals surface area contributed by atoms with Gasteiger partial charge in [-0.1, -0.05) is 51.3 Å². The highest BCUT2D eigenvalue weighted by atomic mass is 16.8. The van der Waals surface area contributed by atoms with Crippen molar-refractivity contribution in [2.24, 2.45) is 23.5 Å². The molecule has 0 radical (unpaired) electrons. The number of primary amides is 1. The smallest absolute Gasteiger partial charge is 0.306 e. The van der Waals surface area contributed by atoms with Crippen molar-refractivity contribution in [1.82, 2.24) is 15.5 Å². The van der Waals surface area contributed by atoms with Crippen LogP contribution in [0, 0.1) is 17.8 Å². The molecule has 11 aliphatic heterocycles. The lowest BCUT2D eigenvalue weighted by Gasteiger charge is -2.47. The number of benzene rings is 1. The number of esters is 1. The summed E-state index contributed by atoms with van der Waals surface area (Å²) in [6.45, 7) is 14.6. The van der Waals surface area contributed by atoms with Crippen molar-refractivity contribution in [2.75, 3.05) is 40.1 Å². The minimum absolute atomic E-state index is 0.00159. The Morgan fingerprint density at radius 2 is 1.41 bits per heavy atom. The Balaban J connectivity index is 0.632. The van der Waals surface area contributed by atoms with E-state index in [0.717, 1.165) is 48.2 Å². The Kier molecular flexibility index (Phi) is 24.5. The van der Waals surface area contributed by atoms with E-state index in [1.807, 2.05) is 0 Å². The number of aliphatic hydroxyl groups excluding tert-OH is 1. The van der Waals surface area contributed by atoms with Crippen LogP contribution in [0.2, 0.25) is 0 Å². The summed E-state index contributed by atoms with van der Waals surface area (Å²) in [7, 11) is 1.59. The average molecular weight is 1370 g/mol. The van der Waals surface area contributed by atoms with E-state index in [9.17, 15) is 48.3 Å². The zero-order valence-electron chi connectivity index (χ0n) is 56.7. The number of ether oxygens (including phenoxy) is 12. The van der Waals surface area contributed by atoms with E-state index in [2.05, 4.69) is 30.7 Å². The average Bonchev–Trinajstić information content (AvgIpc) is 1.55. The zero-order chi connectivity index (χ0) is 69.5. The molecule has 12 rings (SSSR count). The Labute approximate surface area is 571 Å². The van der Waals surface area contributed by atoms with Gasteiger partial charge in [0.05, 0.1) is 119 Å². The highest BCUT2D eigenvalue weighted by molar-refractivity contribution is 6.12. The van der Waals surface area contributed by atoms with Crippen molar-refractivity contribution in [3.05, 3.63) is 71.8 Å². The van der Waals surface area contributed by atoms with Gasteiger partial charge < -0.3 is 78.3 Å². The number of carbonyl (C=O) groups is 9. The van der Waals surface area contributed by atoms with Crippen molar-refractivity contribution in [3.63, 3.8) is 0 Å². The number of nitrogens with zero attached hydrogens (tertiary/aromatic N) is 1. The molecule has 1 aromatic rings. The third kappa shape index (κ3) is 18.0. The molecule has 10 fully saturated rings. The summed E-state index contributed by atoms with van der Waals surface area (Å²) in [5.74, 6) is -6.31. The summed E-state index contributed by atoms with van der Waals surface area (Å²) < 4.78 is 77.2. The summed E-state index contributed by atoms with van der Waals surface area (Å²) in [4.78, 5) is 117. The number of imide groups is 1. The van der Waals surface area contributed by atoms with Gasteiger partial charge in [0.15, 0.2) is 17.4 Å². The molecule has 26 heteroatoms. The van der Waals surface area contributed by atoms with E-state index in [-0.39, 0.29) is 164 Å². The molecule has 538 valence electrons. The molecule has 6 unspecified atom stereocenters. The number of aliphatic hydroxyl groups is 1. The van der Waals surface area contributed by atoms with Crippen LogP contribution in [0.15, 0.2) is 60.7 Å². The van der Waals surface area contributed by atoms with E-state index in [1.165, 1.54) is 26.0 Å². The Bertz CT molecular complexity index is 3120. The number of rotatable bonds is 28. The van der Waals surface area contributed by atoms with Crippen LogP contribution in [0.5, 0.6) is 0 Å². The standard InChI is InChI=1S/C72H98N4O22/c1-38-27-47-12-14-54-39(2)28-49(91-54)19-21-72-36-59-67(97-72)68-69(96-59)70(98-72)66-55(95-68)15-13-48(93-66)31-46(78)32-50-57(35-56(92-47)41(38)4)94-58(65(50)87-6)33-45(77)11-18-64(85)90-37-44-9-7-43(8-10-44)30-53(80)51(34-60(73)81)75-71(86)40(3)29-52(79)42(5)74-61(82)20-23-88-25-26-89-24-22-76-62(83)16-17-63(76)84/h7-10,16-17,38,40,42,45,47-51,54-59,65-70,77H,2,4,11-15,18-37H2,1,3,5-6H3,(H2,73,81)(H,74,82)(H,75,86)/t38?,40-,42+,45-,47+,48?,49+,50+,51+,54?,55+,56?,57+,58-,59?,65-,66+,67?,68+,69-,70+,72+/m1/s1. The molecule has 10 saturated heterocycles. The Morgan fingerprint density at radius 1 is 0.714 bits per heavy atom. The molecule has 26 nitrogen and oxygen atoms in total.